The number of sulfonamides is 1. The van der Waals surface area contributed by atoms with E-state index in [1.807, 2.05) is 31.2 Å². The Kier molecular flexibility index (Phi) is 4.86. The van der Waals surface area contributed by atoms with Gasteiger partial charge in [0.2, 0.25) is 11.7 Å². The average Bonchev–Trinajstić information content (AvgIpc) is 3.17. The van der Waals surface area contributed by atoms with Crippen molar-refractivity contribution in [2.75, 3.05) is 7.05 Å². The first-order chi connectivity index (χ1) is 11.4. The minimum absolute atomic E-state index is 0.0106. The molecule has 3 aromatic rings. The van der Waals surface area contributed by atoms with Crippen molar-refractivity contribution in [1.82, 2.24) is 14.4 Å². The number of nitrogens with zero attached hydrogens (tertiary/aromatic N) is 3. The van der Waals surface area contributed by atoms with Crippen LogP contribution in [-0.2, 0) is 16.6 Å². The predicted octanol–water partition coefficient (Wildman–Crippen LogP) is 3.69. The van der Waals surface area contributed by atoms with Crippen LogP contribution in [0.3, 0.4) is 0 Å². The summed E-state index contributed by atoms with van der Waals surface area (Å²) in [7, 11) is -2.10. The zero-order valence-corrected chi connectivity index (χ0v) is 16.2. The maximum Gasteiger partial charge on any atom is 0.252 e. The van der Waals surface area contributed by atoms with Gasteiger partial charge in [0.05, 0.1) is 10.3 Å². The van der Waals surface area contributed by atoms with E-state index in [0.717, 1.165) is 26.3 Å². The number of aromatic nitrogens is 2. The van der Waals surface area contributed by atoms with Crippen LogP contribution in [0.5, 0.6) is 0 Å². The average molecular weight is 428 g/mol. The zero-order valence-electron chi connectivity index (χ0n) is 12.9. The second kappa shape index (κ2) is 6.75. The van der Waals surface area contributed by atoms with Crippen molar-refractivity contribution in [2.24, 2.45) is 0 Å². The van der Waals surface area contributed by atoms with Gasteiger partial charge in [-0.15, -0.1) is 11.3 Å². The van der Waals surface area contributed by atoms with E-state index in [9.17, 15) is 8.42 Å². The molecule has 0 amide bonds. The Morgan fingerprint density at radius 3 is 2.67 bits per heavy atom. The van der Waals surface area contributed by atoms with E-state index in [4.69, 9.17) is 4.52 Å². The van der Waals surface area contributed by atoms with Crippen LogP contribution in [0.2, 0.25) is 0 Å². The maximum absolute atomic E-state index is 12.5. The fraction of sp³-hybridized carbons (Fsp3) is 0.200. The summed E-state index contributed by atoms with van der Waals surface area (Å²) < 4.78 is 32.4. The third kappa shape index (κ3) is 3.44. The Balaban J connectivity index is 1.81. The van der Waals surface area contributed by atoms with Crippen LogP contribution < -0.4 is 0 Å². The fourth-order valence-electron chi connectivity index (χ4n) is 2.12. The zero-order chi connectivity index (χ0) is 17.3. The quantitative estimate of drug-likeness (QED) is 0.620. The molecular weight excluding hydrogens is 414 g/mol. The van der Waals surface area contributed by atoms with Gasteiger partial charge in [-0.25, -0.2) is 8.42 Å². The second-order valence-electron chi connectivity index (χ2n) is 5.15. The van der Waals surface area contributed by atoms with Gasteiger partial charge < -0.3 is 4.52 Å². The van der Waals surface area contributed by atoms with Crippen LogP contribution in [-0.4, -0.2) is 29.9 Å². The lowest BCUT2D eigenvalue weighted by Gasteiger charge is -2.13. The van der Waals surface area contributed by atoms with Crippen molar-refractivity contribution in [1.29, 1.82) is 0 Å². The summed E-state index contributed by atoms with van der Waals surface area (Å²) in [6.45, 7) is 1.97. The minimum atomic E-state index is -3.59. The number of hydrogen-bond donors (Lipinski definition) is 0. The molecule has 24 heavy (non-hydrogen) atoms. The van der Waals surface area contributed by atoms with Gasteiger partial charge in [-0.3, -0.25) is 0 Å². The molecule has 0 radical (unpaired) electrons. The minimum Gasteiger partial charge on any atom is -0.338 e. The summed E-state index contributed by atoms with van der Waals surface area (Å²) >= 11 is 4.43. The fourth-order valence-corrected chi connectivity index (χ4v) is 5.46. The molecule has 0 atom stereocenters. The summed E-state index contributed by atoms with van der Waals surface area (Å²) in [5.74, 6) is 0.697. The molecule has 1 aromatic carbocycles. The lowest BCUT2D eigenvalue weighted by Crippen LogP contribution is -2.25. The monoisotopic (exact) mass is 427 g/mol. The smallest absolute Gasteiger partial charge is 0.252 e. The van der Waals surface area contributed by atoms with Crippen LogP contribution in [0.1, 0.15) is 11.5 Å². The highest BCUT2D eigenvalue weighted by molar-refractivity contribution is 9.11. The molecule has 0 saturated carbocycles. The van der Waals surface area contributed by atoms with Gasteiger partial charge >= 0.3 is 0 Å². The Morgan fingerprint density at radius 2 is 2.00 bits per heavy atom. The van der Waals surface area contributed by atoms with Gasteiger partial charge in [0.25, 0.3) is 10.0 Å². The summed E-state index contributed by atoms with van der Waals surface area (Å²) in [4.78, 5) is 4.30. The topological polar surface area (TPSA) is 76.3 Å². The molecule has 126 valence electrons. The van der Waals surface area contributed by atoms with Crippen molar-refractivity contribution in [3.05, 3.63) is 51.6 Å². The van der Waals surface area contributed by atoms with Crippen molar-refractivity contribution in [3.8, 4) is 11.4 Å². The molecular formula is C15H14BrN3O3S2. The Labute approximate surface area is 152 Å². The summed E-state index contributed by atoms with van der Waals surface area (Å²) in [5.41, 5.74) is 1.88. The molecule has 0 bridgehead atoms. The lowest BCUT2D eigenvalue weighted by atomic mass is 10.1. The van der Waals surface area contributed by atoms with Crippen molar-refractivity contribution in [2.45, 2.75) is 17.7 Å². The Bertz CT molecular complexity index is 966. The van der Waals surface area contributed by atoms with E-state index in [2.05, 4.69) is 26.1 Å². The Hall–Kier alpha value is -1.55. The van der Waals surface area contributed by atoms with Crippen LogP contribution >= 0.6 is 27.3 Å². The van der Waals surface area contributed by atoms with Gasteiger partial charge in [-0.05, 0) is 40.5 Å². The van der Waals surface area contributed by atoms with Crippen molar-refractivity contribution < 1.29 is 12.9 Å². The first-order valence-electron chi connectivity index (χ1n) is 6.98. The first kappa shape index (κ1) is 17.3. The molecule has 2 aromatic heterocycles. The molecule has 3 rings (SSSR count). The van der Waals surface area contributed by atoms with Crippen LogP contribution in [0.4, 0.5) is 0 Å². The SMILES string of the molecule is Cc1ccccc1-c1noc(CN(C)S(=O)(=O)c2ccc(Br)s2)n1. The van der Waals surface area contributed by atoms with Gasteiger partial charge in [0.1, 0.15) is 4.21 Å². The molecule has 0 fully saturated rings. The van der Waals surface area contributed by atoms with E-state index >= 15 is 0 Å². The normalized spacial score (nSPS) is 12.0. The molecule has 0 aliphatic rings. The number of halogens is 1. The molecule has 0 saturated heterocycles. The lowest BCUT2D eigenvalue weighted by molar-refractivity contribution is 0.337. The molecule has 6 nitrogen and oxygen atoms in total. The van der Waals surface area contributed by atoms with E-state index in [0.29, 0.717) is 5.82 Å². The molecule has 0 unspecified atom stereocenters. The third-order valence-corrected chi connectivity index (χ3v) is 7.32. The molecule has 0 spiro atoms. The molecule has 2 heterocycles. The predicted molar refractivity (Wildman–Crippen MR) is 95.1 cm³/mol. The first-order valence-corrected chi connectivity index (χ1v) is 10.0. The van der Waals surface area contributed by atoms with Crippen LogP contribution in [0.25, 0.3) is 11.4 Å². The molecule has 0 N–H and O–H groups in total. The van der Waals surface area contributed by atoms with Crippen LogP contribution in [0, 0.1) is 6.92 Å². The summed E-state index contributed by atoms with van der Waals surface area (Å²) in [6, 6.07) is 10.9. The number of hydrogen-bond acceptors (Lipinski definition) is 6. The largest absolute Gasteiger partial charge is 0.338 e. The molecule has 0 aliphatic carbocycles. The van der Waals surface area contributed by atoms with Gasteiger partial charge in [-0.2, -0.15) is 9.29 Å². The number of benzene rings is 1. The highest BCUT2D eigenvalue weighted by Crippen LogP contribution is 2.28. The van der Waals surface area contributed by atoms with E-state index in [-0.39, 0.29) is 16.6 Å². The molecule has 0 aliphatic heterocycles. The van der Waals surface area contributed by atoms with E-state index in [1.165, 1.54) is 11.4 Å². The van der Waals surface area contributed by atoms with Crippen molar-refractivity contribution >= 4 is 37.3 Å². The van der Waals surface area contributed by atoms with Crippen LogP contribution in [0.15, 0.2) is 48.9 Å². The van der Waals surface area contributed by atoms with Gasteiger partial charge in [0, 0.05) is 12.6 Å². The highest BCUT2D eigenvalue weighted by atomic mass is 79.9. The van der Waals surface area contributed by atoms with Gasteiger partial charge in [-0.1, -0.05) is 29.4 Å². The standard InChI is InChI=1S/C15H14BrN3O3S2/c1-10-5-3-4-6-11(10)15-17-13(22-18-15)9-19(2)24(20,21)14-8-7-12(16)23-14/h3-8H,9H2,1-2H3. The van der Waals surface area contributed by atoms with Crippen molar-refractivity contribution in [3.63, 3.8) is 0 Å². The maximum atomic E-state index is 12.5. The van der Waals surface area contributed by atoms with E-state index < -0.39 is 10.0 Å². The Morgan fingerprint density at radius 1 is 1.25 bits per heavy atom. The number of thiophene rings is 1. The highest BCUT2D eigenvalue weighted by Gasteiger charge is 2.25. The number of rotatable bonds is 5. The second-order valence-corrected chi connectivity index (χ2v) is 9.88. The van der Waals surface area contributed by atoms with Gasteiger partial charge in [0.15, 0.2) is 0 Å². The molecule has 9 heteroatoms. The summed E-state index contributed by atoms with van der Waals surface area (Å²) in [5, 5.41) is 3.95. The number of aryl methyl sites for hydroxylation is 1. The third-order valence-electron chi connectivity index (χ3n) is 3.43. The van der Waals surface area contributed by atoms with E-state index in [1.54, 1.807) is 12.1 Å². The summed E-state index contributed by atoms with van der Waals surface area (Å²) in [6.07, 6.45) is 0.